The second-order valence-electron chi connectivity index (χ2n) is 5.63. The van der Waals surface area contributed by atoms with E-state index in [0.29, 0.717) is 5.69 Å². The summed E-state index contributed by atoms with van der Waals surface area (Å²) in [5.74, 6) is -0.171. The van der Waals surface area contributed by atoms with E-state index in [-0.39, 0.29) is 5.78 Å². The largest absolute Gasteiger partial charge is 0.287 e. The summed E-state index contributed by atoms with van der Waals surface area (Å²) in [4.78, 5) is 16.3. The first-order chi connectivity index (χ1) is 12.1. The zero-order chi connectivity index (χ0) is 17.6. The summed E-state index contributed by atoms with van der Waals surface area (Å²) in [6.07, 6.45) is 10.4. The molecule has 0 radical (unpaired) electrons. The second kappa shape index (κ2) is 7.49. The van der Waals surface area contributed by atoms with Gasteiger partial charge in [-0.2, -0.15) is 0 Å². The smallest absolute Gasteiger partial charge is 0.208 e. The highest BCUT2D eigenvalue weighted by molar-refractivity contribution is 6.04. The van der Waals surface area contributed by atoms with E-state index in [4.69, 9.17) is 0 Å². The molecular weight excluding hydrogens is 312 g/mol. The topological polar surface area (TPSA) is 60.7 Å². The maximum absolute atomic E-state index is 12.3. The van der Waals surface area contributed by atoms with Crippen molar-refractivity contribution in [2.24, 2.45) is 0 Å². The third kappa shape index (κ3) is 3.95. The summed E-state index contributed by atoms with van der Waals surface area (Å²) in [6, 6.07) is 11.7. The van der Waals surface area contributed by atoms with Gasteiger partial charge in [0.05, 0.1) is 11.4 Å². The Balaban J connectivity index is 1.74. The van der Waals surface area contributed by atoms with Gasteiger partial charge in [0.15, 0.2) is 5.69 Å². The zero-order valence-corrected chi connectivity index (χ0v) is 14.1. The lowest BCUT2D eigenvalue weighted by Crippen LogP contribution is -2.01. The predicted molar refractivity (Wildman–Crippen MR) is 97.6 cm³/mol. The molecule has 0 aliphatic carbocycles. The van der Waals surface area contributed by atoms with Crippen LogP contribution in [0.15, 0.2) is 67.0 Å². The SMILES string of the molecule is Cc1ccc(-n2nnc(C(=O)/C=C/C=C/c3ccncc3)c2C)cc1. The number of aromatic nitrogens is 4. The van der Waals surface area contributed by atoms with Crippen molar-refractivity contribution < 1.29 is 4.79 Å². The van der Waals surface area contributed by atoms with Crippen molar-refractivity contribution in [1.82, 2.24) is 20.0 Å². The van der Waals surface area contributed by atoms with Gasteiger partial charge in [0, 0.05) is 12.4 Å². The zero-order valence-electron chi connectivity index (χ0n) is 14.1. The van der Waals surface area contributed by atoms with Gasteiger partial charge in [-0.15, -0.1) is 5.10 Å². The van der Waals surface area contributed by atoms with E-state index < -0.39 is 0 Å². The van der Waals surface area contributed by atoms with Crippen LogP contribution in [0.3, 0.4) is 0 Å². The van der Waals surface area contributed by atoms with Crippen LogP contribution in [-0.4, -0.2) is 25.8 Å². The van der Waals surface area contributed by atoms with E-state index in [2.05, 4.69) is 15.3 Å². The van der Waals surface area contributed by atoms with Gasteiger partial charge in [0.25, 0.3) is 0 Å². The molecule has 124 valence electrons. The van der Waals surface area contributed by atoms with E-state index >= 15 is 0 Å². The molecular formula is C20H18N4O. The molecule has 0 aliphatic heterocycles. The van der Waals surface area contributed by atoms with Crippen LogP contribution in [0.5, 0.6) is 0 Å². The van der Waals surface area contributed by atoms with Gasteiger partial charge in [-0.05, 0) is 49.8 Å². The minimum atomic E-state index is -0.171. The first-order valence-corrected chi connectivity index (χ1v) is 7.93. The Bertz CT molecular complexity index is 922. The van der Waals surface area contributed by atoms with E-state index in [9.17, 15) is 4.79 Å². The second-order valence-corrected chi connectivity index (χ2v) is 5.63. The minimum Gasteiger partial charge on any atom is -0.287 e. The maximum atomic E-state index is 12.3. The highest BCUT2D eigenvalue weighted by Gasteiger charge is 2.14. The number of pyridine rings is 1. The highest BCUT2D eigenvalue weighted by atomic mass is 16.1. The number of carbonyl (C=O) groups is 1. The van der Waals surface area contributed by atoms with Crippen LogP contribution < -0.4 is 0 Å². The van der Waals surface area contributed by atoms with Gasteiger partial charge in [0.2, 0.25) is 5.78 Å². The lowest BCUT2D eigenvalue weighted by atomic mass is 10.2. The molecule has 0 N–H and O–H groups in total. The molecule has 0 bridgehead atoms. The van der Waals surface area contributed by atoms with Gasteiger partial charge in [0.1, 0.15) is 0 Å². The summed E-state index contributed by atoms with van der Waals surface area (Å²) in [5, 5.41) is 8.13. The number of carbonyl (C=O) groups excluding carboxylic acids is 1. The molecule has 0 aliphatic rings. The van der Waals surface area contributed by atoms with Crippen molar-refractivity contribution in [1.29, 1.82) is 0 Å². The first kappa shape index (κ1) is 16.5. The molecule has 25 heavy (non-hydrogen) atoms. The molecule has 0 spiro atoms. The van der Waals surface area contributed by atoms with Crippen LogP contribution in [0.2, 0.25) is 0 Å². The molecule has 0 saturated carbocycles. The number of aryl methyl sites for hydroxylation is 1. The molecule has 1 aromatic carbocycles. The highest BCUT2D eigenvalue weighted by Crippen LogP contribution is 2.13. The van der Waals surface area contributed by atoms with E-state index in [0.717, 1.165) is 16.9 Å². The van der Waals surface area contributed by atoms with Gasteiger partial charge in [-0.3, -0.25) is 9.78 Å². The third-order valence-corrected chi connectivity index (χ3v) is 3.76. The van der Waals surface area contributed by atoms with Crippen LogP contribution in [0.25, 0.3) is 11.8 Å². The van der Waals surface area contributed by atoms with Gasteiger partial charge >= 0.3 is 0 Å². The molecule has 2 heterocycles. The molecule has 3 rings (SSSR count). The fraction of sp³-hybridized carbons (Fsp3) is 0.100. The Morgan fingerprint density at radius 1 is 1.00 bits per heavy atom. The molecule has 5 nitrogen and oxygen atoms in total. The summed E-state index contributed by atoms with van der Waals surface area (Å²) >= 11 is 0. The van der Waals surface area contributed by atoms with E-state index in [1.165, 1.54) is 11.6 Å². The van der Waals surface area contributed by atoms with Crippen molar-refractivity contribution in [3.63, 3.8) is 0 Å². The number of rotatable bonds is 5. The number of ketones is 1. The molecule has 5 heteroatoms. The number of hydrogen-bond donors (Lipinski definition) is 0. The predicted octanol–water partition coefficient (Wildman–Crippen LogP) is 3.73. The Labute approximate surface area is 146 Å². The van der Waals surface area contributed by atoms with Crippen LogP contribution in [0, 0.1) is 13.8 Å². The quantitative estimate of drug-likeness (QED) is 0.406. The van der Waals surface area contributed by atoms with Crippen molar-refractivity contribution in [3.05, 3.63) is 89.5 Å². The van der Waals surface area contributed by atoms with E-state index in [1.54, 1.807) is 23.2 Å². The van der Waals surface area contributed by atoms with Crippen LogP contribution in [0.4, 0.5) is 0 Å². The lowest BCUT2D eigenvalue weighted by Gasteiger charge is -2.03. The molecule has 3 aromatic rings. The van der Waals surface area contributed by atoms with Gasteiger partial charge in [-0.1, -0.05) is 41.1 Å². The lowest BCUT2D eigenvalue weighted by molar-refractivity contribution is 0.104. The normalized spacial score (nSPS) is 11.4. The number of benzene rings is 1. The van der Waals surface area contributed by atoms with E-state index in [1.807, 2.05) is 62.4 Å². The number of hydrogen-bond acceptors (Lipinski definition) is 4. The number of allylic oxidation sites excluding steroid dienone is 3. The number of nitrogens with zero attached hydrogens (tertiary/aromatic N) is 4. The minimum absolute atomic E-state index is 0.171. The van der Waals surface area contributed by atoms with Crippen LogP contribution in [0.1, 0.15) is 27.3 Å². The first-order valence-electron chi connectivity index (χ1n) is 7.93. The van der Waals surface area contributed by atoms with Crippen molar-refractivity contribution in [3.8, 4) is 5.69 Å². The summed E-state index contributed by atoms with van der Waals surface area (Å²) in [7, 11) is 0. The van der Waals surface area contributed by atoms with Crippen LogP contribution >= 0.6 is 0 Å². The maximum Gasteiger partial charge on any atom is 0.208 e. The third-order valence-electron chi connectivity index (χ3n) is 3.76. The summed E-state index contributed by atoms with van der Waals surface area (Å²) in [6.45, 7) is 3.87. The fourth-order valence-corrected chi connectivity index (χ4v) is 2.35. The summed E-state index contributed by atoms with van der Waals surface area (Å²) in [5.41, 5.74) is 4.15. The molecule has 0 fully saturated rings. The van der Waals surface area contributed by atoms with Crippen molar-refractivity contribution >= 4 is 11.9 Å². The van der Waals surface area contributed by atoms with Crippen LogP contribution in [-0.2, 0) is 0 Å². The molecule has 0 atom stereocenters. The Kier molecular flexibility index (Phi) is 4.95. The fourth-order valence-electron chi connectivity index (χ4n) is 2.35. The monoisotopic (exact) mass is 330 g/mol. The Morgan fingerprint density at radius 3 is 2.44 bits per heavy atom. The summed E-state index contributed by atoms with van der Waals surface area (Å²) < 4.78 is 1.67. The average Bonchev–Trinajstić information content (AvgIpc) is 3.02. The van der Waals surface area contributed by atoms with Gasteiger partial charge < -0.3 is 0 Å². The average molecular weight is 330 g/mol. The molecule has 0 saturated heterocycles. The Morgan fingerprint density at radius 2 is 1.72 bits per heavy atom. The molecule has 2 aromatic heterocycles. The van der Waals surface area contributed by atoms with Crippen molar-refractivity contribution in [2.45, 2.75) is 13.8 Å². The molecule has 0 amide bonds. The standard InChI is InChI=1S/C20H18N4O/c1-15-7-9-18(10-8-15)24-16(2)20(22-23-24)19(25)6-4-3-5-17-11-13-21-14-12-17/h3-14H,1-2H3/b5-3+,6-4+. The molecule has 0 unspecified atom stereocenters. The van der Waals surface area contributed by atoms with Crippen molar-refractivity contribution in [2.75, 3.05) is 0 Å². The van der Waals surface area contributed by atoms with Gasteiger partial charge in [-0.25, -0.2) is 4.68 Å². The Hall–Kier alpha value is -3.34.